The van der Waals surface area contributed by atoms with Crippen LogP contribution in [-0.4, -0.2) is 31.0 Å². The van der Waals surface area contributed by atoms with Gasteiger partial charge in [0.25, 0.3) is 10.0 Å². The number of carbonyl (C=O) groups is 1. The molecule has 0 saturated carbocycles. The van der Waals surface area contributed by atoms with Gasteiger partial charge >= 0.3 is 0 Å². The van der Waals surface area contributed by atoms with Crippen molar-refractivity contribution in [2.75, 3.05) is 11.9 Å². The summed E-state index contributed by atoms with van der Waals surface area (Å²) in [7, 11) is -4.03. The first kappa shape index (κ1) is 18.8. The van der Waals surface area contributed by atoms with Crippen LogP contribution in [0, 0.1) is 5.82 Å². The third kappa shape index (κ3) is 3.62. The van der Waals surface area contributed by atoms with Gasteiger partial charge in [-0.25, -0.2) is 4.39 Å². The molecule has 0 spiro atoms. The van der Waals surface area contributed by atoms with Gasteiger partial charge in [-0.3, -0.25) is 4.79 Å². The van der Waals surface area contributed by atoms with Crippen molar-refractivity contribution in [3.05, 3.63) is 95.8 Å². The average Bonchev–Trinajstić information content (AvgIpc) is 2.73. The second-order valence-electron chi connectivity index (χ2n) is 6.32. The number of nitrogens with one attached hydrogen (secondary N) is 1. The zero-order valence-electron chi connectivity index (χ0n) is 15.1. The summed E-state index contributed by atoms with van der Waals surface area (Å²) in [6, 6.07) is 21.3. The van der Waals surface area contributed by atoms with Crippen molar-refractivity contribution in [2.24, 2.45) is 5.10 Å². The number of rotatable bonds is 4. The predicted molar refractivity (Wildman–Crippen MR) is 107 cm³/mol. The van der Waals surface area contributed by atoms with E-state index in [0.29, 0.717) is 11.3 Å². The van der Waals surface area contributed by atoms with E-state index in [0.717, 1.165) is 9.98 Å². The van der Waals surface area contributed by atoms with Gasteiger partial charge in [-0.15, -0.1) is 0 Å². The van der Waals surface area contributed by atoms with Crippen LogP contribution in [0.2, 0.25) is 0 Å². The summed E-state index contributed by atoms with van der Waals surface area (Å²) in [6.45, 7) is -0.582. The molecular formula is C21H16FN3O3S. The molecule has 1 heterocycles. The van der Waals surface area contributed by atoms with Gasteiger partial charge in [0, 0.05) is 11.1 Å². The number of carbonyl (C=O) groups excluding carboxylic acids is 1. The molecule has 0 atom stereocenters. The lowest BCUT2D eigenvalue weighted by atomic mass is 10.0. The second-order valence-corrected chi connectivity index (χ2v) is 8.14. The lowest BCUT2D eigenvalue weighted by Gasteiger charge is -2.26. The Bertz CT molecular complexity index is 1210. The highest BCUT2D eigenvalue weighted by atomic mass is 32.2. The topological polar surface area (TPSA) is 78.8 Å². The third-order valence-corrected chi connectivity index (χ3v) is 6.06. The van der Waals surface area contributed by atoms with Crippen LogP contribution in [0.4, 0.5) is 10.1 Å². The minimum atomic E-state index is -4.03. The lowest BCUT2D eigenvalue weighted by molar-refractivity contribution is -0.116. The number of hydrogen-bond donors (Lipinski definition) is 1. The molecule has 3 aromatic carbocycles. The number of halogens is 1. The van der Waals surface area contributed by atoms with Gasteiger partial charge in [-0.2, -0.15) is 17.9 Å². The molecule has 0 unspecified atom stereocenters. The molecule has 1 N–H and O–H groups in total. The van der Waals surface area contributed by atoms with Crippen molar-refractivity contribution in [2.45, 2.75) is 4.90 Å². The third-order valence-electron chi connectivity index (χ3n) is 4.38. The van der Waals surface area contributed by atoms with Crippen LogP contribution in [0.3, 0.4) is 0 Å². The van der Waals surface area contributed by atoms with Gasteiger partial charge < -0.3 is 5.32 Å². The van der Waals surface area contributed by atoms with E-state index in [1.54, 1.807) is 24.3 Å². The average molecular weight is 409 g/mol. The zero-order chi connectivity index (χ0) is 20.4. The number of amides is 1. The minimum absolute atomic E-state index is 0.0282. The second kappa shape index (κ2) is 7.48. The van der Waals surface area contributed by atoms with Crippen molar-refractivity contribution < 1.29 is 17.6 Å². The molecule has 6 nitrogen and oxygen atoms in total. The number of nitrogens with zero attached hydrogens (tertiary/aromatic N) is 2. The first-order valence-corrected chi connectivity index (χ1v) is 10.2. The summed E-state index contributed by atoms with van der Waals surface area (Å²) in [6.07, 6.45) is 0. The fraction of sp³-hybridized carbons (Fsp3) is 0.0476. The molecule has 1 amide bonds. The van der Waals surface area contributed by atoms with E-state index in [1.807, 2.05) is 30.3 Å². The number of hydrogen-bond acceptors (Lipinski definition) is 4. The molecule has 8 heteroatoms. The Morgan fingerprint density at radius 2 is 1.59 bits per heavy atom. The SMILES string of the molecule is O=C(CN1N=C(c2ccccc2)c2ccccc2S1(=O)=O)Nc1ccccc1F. The van der Waals surface area contributed by atoms with Crippen molar-refractivity contribution in [1.29, 1.82) is 0 Å². The van der Waals surface area contributed by atoms with Gasteiger partial charge in [0.15, 0.2) is 0 Å². The molecule has 146 valence electrons. The molecule has 3 aromatic rings. The summed E-state index contributed by atoms with van der Waals surface area (Å²) in [5.41, 5.74) is 1.59. The van der Waals surface area contributed by atoms with Crippen LogP contribution in [0.15, 0.2) is 88.9 Å². The van der Waals surface area contributed by atoms with Crippen LogP contribution in [0.25, 0.3) is 0 Å². The van der Waals surface area contributed by atoms with Crippen molar-refractivity contribution in [3.63, 3.8) is 0 Å². The highest BCUT2D eigenvalue weighted by Gasteiger charge is 2.34. The lowest BCUT2D eigenvalue weighted by Crippen LogP contribution is -2.38. The monoisotopic (exact) mass is 409 g/mol. The molecule has 0 saturated heterocycles. The minimum Gasteiger partial charge on any atom is -0.322 e. The van der Waals surface area contributed by atoms with E-state index in [4.69, 9.17) is 0 Å². The Morgan fingerprint density at radius 3 is 2.34 bits per heavy atom. The summed E-state index contributed by atoms with van der Waals surface area (Å²) >= 11 is 0. The maximum atomic E-state index is 13.8. The summed E-state index contributed by atoms with van der Waals surface area (Å²) in [5.74, 6) is -1.31. The highest BCUT2D eigenvalue weighted by molar-refractivity contribution is 7.89. The van der Waals surface area contributed by atoms with Gasteiger partial charge in [-0.1, -0.05) is 60.7 Å². The normalized spacial score (nSPS) is 14.7. The van der Waals surface area contributed by atoms with E-state index in [2.05, 4.69) is 10.4 Å². The molecule has 0 radical (unpaired) electrons. The summed E-state index contributed by atoms with van der Waals surface area (Å²) < 4.78 is 40.5. The first-order valence-electron chi connectivity index (χ1n) is 8.77. The molecule has 0 bridgehead atoms. The van der Waals surface area contributed by atoms with Gasteiger partial charge in [-0.05, 0) is 18.2 Å². The van der Waals surface area contributed by atoms with Crippen LogP contribution in [-0.2, 0) is 14.8 Å². The van der Waals surface area contributed by atoms with Crippen molar-refractivity contribution in [1.82, 2.24) is 4.41 Å². The number of fused-ring (bicyclic) bond motifs is 1. The highest BCUT2D eigenvalue weighted by Crippen LogP contribution is 2.28. The van der Waals surface area contributed by atoms with Crippen LogP contribution in [0.1, 0.15) is 11.1 Å². The maximum absolute atomic E-state index is 13.8. The summed E-state index contributed by atoms with van der Waals surface area (Å²) in [5, 5.41) is 6.64. The largest absolute Gasteiger partial charge is 0.322 e. The Balaban J connectivity index is 1.71. The molecule has 1 aliphatic heterocycles. The standard InChI is InChI=1S/C21H16FN3O3S/c22-17-11-5-6-12-18(17)23-20(26)14-25-24-21(15-8-2-1-3-9-15)16-10-4-7-13-19(16)29(25,27)28/h1-13H,14H2,(H,23,26). The van der Waals surface area contributed by atoms with Gasteiger partial charge in [0.1, 0.15) is 18.1 Å². The number of para-hydroxylation sites is 1. The van der Waals surface area contributed by atoms with E-state index >= 15 is 0 Å². The maximum Gasteiger partial charge on any atom is 0.280 e. The number of anilines is 1. The Hall–Kier alpha value is -3.52. The molecule has 0 fully saturated rings. The van der Waals surface area contributed by atoms with Gasteiger partial charge in [0.2, 0.25) is 5.91 Å². The van der Waals surface area contributed by atoms with Crippen LogP contribution < -0.4 is 5.32 Å². The van der Waals surface area contributed by atoms with Crippen molar-refractivity contribution in [3.8, 4) is 0 Å². The molecule has 0 aromatic heterocycles. The van der Waals surface area contributed by atoms with Crippen molar-refractivity contribution >= 4 is 27.3 Å². The molecule has 1 aliphatic rings. The smallest absolute Gasteiger partial charge is 0.280 e. The Morgan fingerprint density at radius 1 is 0.931 bits per heavy atom. The fourth-order valence-electron chi connectivity index (χ4n) is 3.02. The molecule has 4 rings (SSSR count). The van der Waals surface area contributed by atoms with E-state index in [9.17, 15) is 17.6 Å². The number of sulfonamides is 1. The first-order chi connectivity index (χ1) is 14.0. The summed E-state index contributed by atoms with van der Waals surface area (Å²) in [4.78, 5) is 12.5. The molecule has 29 heavy (non-hydrogen) atoms. The number of hydrazone groups is 1. The fourth-order valence-corrected chi connectivity index (χ4v) is 4.42. The molecule has 0 aliphatic carbocycles. The van der Waals surface area contributed by atoms with Gasteiger partial charge in [0.05, 0.1) is 10.6 Å². The number of benzene rings is 3. The van der Waals surface area contributed by atoms with E-state index in [-0.39, 0.29) is 10.6 Å². The van der Waals surface area contributed by atoms with Crippen LogP contribution >= 0.6 is 0 Å². The predicted octanol–water partition coefficient (Wildman–Crippen LogP) is 3.22. The Kier molecular flexibility index (Phi) is 4.85. The zero-order valence-corrected chi connectivity index (χ0v) is 15.9. The van der Waals surface area contributed by atoms with E-state index < -0.39 is 28.3 Å². The quantitative estimate of drug-likeness (QED) is 0.719. The molecular weight excluding hydrogens is 393 g/mol. The van der Waals surface area contributed by atoms with E-state index in [1.165, 1.54) is 24.3 Å². The Labute approximate surface area is 167 Å². The van der Waals surface area contributed by atoms with Crippen LogP contribution in [0.5, 0.6) is 0 Å².